The monoisotopic (exact) mass is 217 g/mol. The van der Waals surface area contributed by atoms with Crippen LogP contribution in [0.2, 0.25) is 0 Å². The number of aliphatic hydroxyl groups excluding tert-OH is 1. The molecule has 0 aliphatic carbocycles. The minimum atomic E-state index is -0.670. The summed E-state index contributed by atoms with van der Waals surface area (Å²) in [6.07, 6.45) is -0.493. The van der Waals surface area contributed by atoms with Gasteiger partial charge in [-0.25, -0.2) is 4.79 Å². The van der Waals surface area contributed by atoms with E-state index >= 15 is 0 Å². The van der Waals surface area contributed by atoms with E-state index in [-0.39, 0.29) is 0 Å². The highest BCUT2D eigenvalue weighted by atomic mass is 16.6. The Bertz CT molecular complexity index is 218. The Morgan fingerprint density at radius 2 is 1.80 bits per heavy atom. The minimum Gasteiger partial charge on any atom is -0.444 e. The maximum absolute atomic E-state index is 11.5. The molecule has 0 bridgehead atoms. The summed E-state index contributed by atoms with van der Waals surface area (Å²) in [5.74, 6) is 0. The van der Waals surface area contributed by atoms with Crippen LogP contribution >= 0.6 is 0 Å². The highest BCUT2D eigenvalue weighted by molar-refractivity contribution is 5.68. The van der Waals surface area contributed by atoms with Gasteiger partial charge in [-0.3, -0.25) is 0 Å². The first kappa shape index (κ1) is 14.2. The zero-order chi connectivity index (χ0) is 12.3. The molecule has 4 heteroatoms. The summed E-state index contributed by atoms with van der Waals surface area (Å²) in [6, 6.07) is 0. The first-order chi connectivity index (χ1) is 6.58. The zero-order valence-corrected chi connectivity index (χ0v) is 10.5. The van der Waals surface area contributed by atoms with Crippen LogP contribution in [0, 0.1) is 0 Å². The number of alkyl carbamates (subject to hydrolysis) is 1. The van der Waals surface area contributed by atoms with Crippen LogP contribution in [0.25, 0.3) is 0 Å². The predicted octanol–water partition coefficient (Wildman–Crippen LogP) is 2.06. The van der Waals surface area contributed by atoms with Crippen LogP contribution in [0.5, 0.6) is 0 Å². The lowest BCUT2D eigenvalue weighted by atomic mass is 9.96. The second-order valence-corrected chi connectivity index (χ2v) is 5.27. The van der Waals surface area contributed by atoms with Crippen molar-refractivity contribution < 1.29 is 14.6 Å². The molecule has 0 saturated heterocycles. The Balaban J connectivity index is 4.28. The summed E-state index contributed by atoms with van der Waals surface area (Å²) in [4.78, 5) is 11.5. The number of hydrogen-bond donors (Lipinski definition) is 2. The van der Waals surface area contributed by atoms with E-state index < -0.39 is 23.3 Å². The molecule has 4 nitrogen and oxygen atoms in total. The fourth-order valence-electron chi connectivity index (χ4n) is 1.16. The zero-order valence-electron chi connectivity index (χ0n) is 10.5. The van der Waals surface area contributed by atoms with Crippen LogP contribution in [0.15, 0.2) is 0 Å². The summed E-state index contributed by atoms with van der Waals surface area (Å²) in [5.41, 5.74) is -1.19. The van der Waals surface area contributed by atoms with E-state index in [0.717, 1.165) is 0 Å². The van der Waals surface area contributed by atoms with E-state index in [4.69, 9.17) is 4.74 Å². The maximum atomic E-state index is 11.5. The number of ether oxygens (including phenoxy) is 1. The van der Waals surface area contributed by atoms with Crippen molar-refractivity contribution in [3.63, 3.8) is 0 Å². The van der Waals surface area contributed by atoms with Crippen molar-refractivity contribution in [1.29, 1.82) is 0 Å². The van der Waals surface area contributed by atoms with Crippen LogP contribution in [-0.4, -0.2) is 28.4 Å². The molecule has 0 aliphatic heterocycles. The molecular formula is C11H23NO3. The van der Waals surface area contributed by atoms with E-state index in [9.17, 15) is 9.90 Å². The average molecular weight is 217 g/mol. The molecule has 0 rings (SSSR count). The highest BCUT2D eigenvalue weighted by Gasteiger charge is 2.30. The molecule has 0 aromatic heterocycles. The molecule has 0 aromatic rings. The van der Waals surface area contributed by atoms with Crippen molar-refractivity contribution in [2.75, 3.05) is 0 Å². The van der Waals surface area contributed by atoms with E-state index in [0.29, 0.717) is 6.42 Å². The van der Waals surface area contributed by atoms with Gasteiger partial charge in [-0.2, -0.15) is 0 Å². The molecule has 0 heterocycles. The number of carbonyl (C=O) groups excluding carboxylic acids is 1. The Hall–Kier alpha value is -0.770. The first-order valence-electron chi connectivity index (χ1n) is 5.27. The van der Waals surface area contributed by atoms with E-state index in [1.54, 1.807) is 34.6 Å². The van der Waals surface area contributed by atoms with Crippen molar-refractivity contribution in [3.8, 4) is 0 Å². The van der Waals surface area contributed by atoms with Gasteiger partial charge in [0.2, 0.25) is 0 Å². The Kier molecular flexibility index (Phi) is 4.59. The van der Waals surface area contributed by atoms with Crippen molar-refractivity contribution in [2.24, 2.45) is 0 Å². The molecule has 0 spiro atoms. The summed E-state index contributed by atoms with van der Waals surface area (Å²) >= 11 is 0. The maximum Gasteiger partial charge on any atom is 0.408 e. The molecule has 0 saturated carbocycles. The summed E-state index contributed by atoms with van der Waals surface area (Å²) < 4.78 is 5.11. The van der Waals surface area contributed by atoms with E-state index in [1.165, 1.54) is 0 Å². The van der Waals surface area contributed by atoms with Gasteiger partial charge in [0.1, 0.15) is 5.60 Å². The third-order valence-corrected chi connectivity index (χ3v) is 2.04. The molecule has 90 valence electrons. The van der Waals surface area contributed by atoms with Crippen molar-refractivity contribution in [3.05, 3.63) is 0 Å². The SMILES string of the molecule is CCC(O)C(C)(C)NC(=O)OC(C)(C)C. The van der Waals surface area contributed by atoms with Crippen LogP contribution in [0.4, 0.5) is 4.79 Å². The molecule has 0 radical (unpaired) electrons. The van der Waals surface area contributed by atoms with Gasteiger partial charge in [0.25, 0.3) is 0 Å². The first-order valence-corrected chi connectivity index (χ1v) is 5.27. The smallest absolute Gasteiger partial charge is 0.408 e. The van der Waals surface area contributed by atoms with Gasteiger partial charge in [-0.05, 0) is 41.0 Å². The van der Waals surface area contributed by atoms with Crippen LogP contribution in [0.1, 0.15) is 48.0 Å². The fourth-order valence-corrected chi connectivity index (χ4v) is 1.16. The minimum absolute atomic E-state index is 0.500. The Morgan fingerprint density at radius 1 is 1.33 bits per heavy atom. The van der Waals surface area contributed by atoms with Gasteiger partial charge in [-0.15, -0.1) is 0 Å². The summed E-state index contributed by atoms with van der Waals surface area (Å²) in [5, 5.41) is 12.3. The molecule has 1 unspecified atom stereocenters. The van der Waals surface area contributed by atoms with Gasteiger partial charge < -0.3 is 15.2 Å². The Morgan fingerprint density at radius 3 is 2.13 bits per heavy atom. The number of nitrogens with one attached hydrogen (secondary N) is 1. The molecule has 0 aliphatic rings. The van der Waals surface area contributed by atoms with E-state index in [1.807, 2.05) is 6.92 Å². The third kappa shape index (κ3) is 5.62. The lowest BCUT2D eigenvalue weighted by Crippen LogP contribution is -2.53. The normalized spacial score (nSPS) is 14.6. The summed E-state index contributed by atoms with van der Waals surface area (Å²) in [6.45, 7) is 10.8. The van der Waals surface area contributed by atoms with Crippen LogP contribution < -0.4 is 5.32 Å². The number of aliphatic hydroxyl groups is 1. The number of amides is 1. The van der Waals surface area contributed by atoms with Crippen LogP contribution in [-0.2, 0) is 4.74 Å². The molecular weight excluding hydrogens is 194 g/mol. The molecule has 1 amide bonds. The number of carbonyl (C=O) groups is 1. The average Bonchev–Trinajstić information content (AvgIpc) is 1.97. The fraction of sp³-hybridized carbons (Fsp3) is 0.909. The lowest BCUT2D eigenvalue weighted by Gasteiger charge is -2.32. The highest BCUT2D eigenvalue weighted by Crippen LogP contribution is 2.14. The topological polar surface area (TPSA) is 58.6 Å². The van der Waals surface area contributed by atoms with Gasteiger partial charge in [0, 0.05) is 0 Å². The molecule has 1 atom stereocenters. The van der Waals surface area contributed by atoms with Crippen LogP contribution in [0.3, 0.4) is 0 Å². The largest absolute Gasteiger partial charge is 0.444 e. The molecule has 0 fully saturated rings. The van der Waals surface area contributed by atoms with Gasteiger partial charge in [-0.1, -0.05) is 6.92 Å². The van der Waals surface area contributed by atoms with Crippen molar-refractivity contribution in [2.45, 2.75) is 65.2 Å². The van der Waals surface area contributed by atoms with E-state index in [2.05, 4.69) is 5.32 Å². The number of rotatable bonds is 3. The molecule has 15 heavy (non-hydrogen) atoms. The second kappa shape index (κ2) is 4.84. The molecule has 0 aromatic carbocycles. The lowest BCUT2D eigenvalue weighted by molar-refractivity contribution is 0.0287. The van der Waals surface area contributed by atoms with Gasteiger partial charge in [0.05, 0.1) is 11.6 Å². The Labute approximate surface area is 92.0 Å². The second-order valence-electron chi connectivity index (χ2n) is 5.27. The van der Waals surface area contributed by atoms with Crippen molar-refractivity contribution in [1.82, 2.24) is 5.32 Å². The summed E-state index contributed by atoms with van der Waals surface area (Å²) in [7, 11) is 0. The van der Waals surface area contributed by atoms with Gasteiger partial charge >= 0.3 is 6.09 Å². The predicted molar refractivity (Wildman–Crippen MR) is 59.7 cm³/mol. The third-order valence-electron chi connectivity index (χ3n) is 2.04. The number of hydrogen-bond acceptors (Lipinski definition) is 3. The standard InChI is InChI=1S/C11H23NO3/c1-7-8(13)11(5,6)12-9(14)15-10(2,3)4/h8,13H,7H2,1-6H3,(H,12,14). The van der Waals surface area contributed by atoms with Crippen molar-refractivity contribution >= 4 is 6.09 Å². The molecule has 2 N–H and O–H groups in total. The van der Waals surface area contributed by atoms with Gasteiger partial charge in [0.15, 0.2) is 0 Å². The quantitative estimate of drug-likeness (QED) is 0.760.